The molecule has 0 aliphatic rings. The van der Waals surface area contributed by atoms with Crippen molar-refractivity contribution in [2.24, 2.45) is 0 Å². The van der Waals surface area contributed by atoms with Gasteiger partial charge < -0.3 is 4.74 Å². The lowest BCUT2D eigenvalue weighted by atomic mass is 10.1. The lowest BCUT2D eigenvalue weighted by molar-refractivity contribution is 0.0475. The number of esters is 1. The molecule has 0 saturated heterocycles. The summed E-state index contributed by atoms with van der Waals surface area (Å²) in [4.78, 5) is 28.5. The Kier molecular flexibility index (Phi) is 5.26. The van der Waals surface area contributed by atoms with Gasteiger partial charge in [-0.05, 0) is 43.3 Å². The summed E-state index contributed by atoms with van der Waals surface area (Å²) in [6.45, 7) is 1.63. The number of ether oxygens (including phenoxy) is 1. The predicted molar refractivity (Wildman–Crippen MR) is 98.4 cm³/mol. The Labute approximate surface area is 154 Å². The number of aryl methyl sites for hydroxylation is 1. The van der Waals surface area contributed by atoms with Crippen molar-refractivity contribution in [3.63, 3.8) is 0 Å². The fourth-order valence-corrected chi connectivity index (χ4v) is 2.95. The molecule has 0 amide bonds. The first kappa shape index (κ1) is 17.3. The van der Waals surface area contributed by atoms with Crippen LogP contribution in [0.4, 0.5) is 0 Å². The molecule has 0 aliphatic carbocycles. The molecular formula is C19H14ClNO3S. The molecule has 0 atom stereocenters. The Hall–Kier alpha value is -2.50. The monoisotopic (exact) mass is 371 g/mol. The van der Waals surface area contributed by atoms with Gasteiger partial charge in [0.1, 0.15) is 0 Å². The van der Waals surface area contributed by atoms with Crippen LogP contribution in [-0.2, 0) is 4.74 Å². The van der Waals surface area contributed by atoms with Gasteiger partial charge in [0.15, 0.2) is 12.4 Å². The summed E-state index contributed by atoms with van der Waals surface area (Å²) >= 11 is 7.35. The molecule has 1 heterocycles. The maximum atomic E-state index is 12.1. The van der Waals surface area contributed by atoms with E-state index in [9.17, 15) is 9.59 Å². The van der Waals surface area contributed by atoms with Crippen molar-refractivity contribution in [1.82, 2.24) is 4.98 Å². The minimum atomic E-state index is -0.539. The maximum Gasteiger partial charge on any atom is 0.338 e. The number of aromatic nitrogens is 1. The smallest absolute Gasteiger partial charge is 0.338 e. The number of halogens is 1. The number of rotatable bonds is 5. The van der Waals surface area contributed by atoms with Gasteiger partial charge >= 0.3 is 5.97 Å². The first-order chi connectivity index (χ1) is 12.0. The number of hydrogen-bond donors (Lipinski definition) is 0. The lowest BCUT2D eigenvalue weighted by Gasteiger charge is -2.05. The van der Waals surface area contributed by atoms with Crippen molar-refractivity contribution < 1.29 is 14.3 Å². The molecule has 0 spiro atoms. The first-order valence-electron chi connectivity index (χ1n) is 7.51. The Morgan fingerprint density at radius 1 is 1.04 bits per heavy atom. The van der Waals surface area contributed by atoms with Crippen LogP contribution in [0.5, 0.6) is 0 Å². The van der Waals surface area contributed by atoms with Crippen LogP contribution >= 0.6 is 22.9 Å². The molecule has 25 heavy (non-hydrogen) atoms. The molecule has 0 saturated carbocycles. The van der Waals surface area contributed by atoms with Gasteiger partial charge in [-0.2, -0.15) is 0 Å². The molecule has 0 radical (unpaired) electrons. The third-order valence-electron chi connectivity index (χ3n) is 3.54. The number of Topliss-reactive ketones (excluding diaryl/α,β-unsaturated/α-hetero) is 1. The zero-order valence-corrected chi connectivity index (χ0v) is 14.9. The van der Waals surface area contributed by atoms with Gasteiger partial charge in [0, 0.05) is 21.5 Å². The zero-order chi connectivity index (χ0) is 17.8. The van der Waals surface area contributed by atoms with E-state index in [0.29, 0.717) is 16.1 Å². The molecular weight excluding hydrogens is 358 g/mol. The zero-order valence-electron chi connectivity index (χ0n) is 13.4. The quantitative estimate of drug-likeness (QED) is 0.477. The summed E-state index contributed by atoms with van der Waals surface area (Å²) in [5, 5.41) is 3.50. The number of carbonyl (C=O) groups is 2. The van der Waals surface area contributed by atoms with E-state index in [-0.39, 0.29) is 12.4 Å². The van der Waals surface area contributed by atoms with E-state index < -0.39 is 5.97 Å². The highest BCUT2D eigenvalue weighted by molar-refractivity contribution is 7.09. The molecule has 2 aromatic carbocycles. The van der Waals surface area contributed by atoms with Crippen LogP contribution in [0.15, 0.2) is 53.9 Å². The van der Waals surface area contributed by atoms with Gasteiger partial charge in [-0.1, -0.05) is 23.7 Å². The van der Waals surface area contributed by atoms with Crippen LogP contribution in [-0.4, -0.2) is 23.3 Å². The third kappa shape index (κ3) is 4.32. The average Bonchev–Trinajstić information content (AvgIpc) is 3.06. The van der Waals surface area contributed by atoms with Gasteiger partial charge in [0.2, 0.25) is 0 Å². The minimum Gasteiger partial charge on any atom is -0.454 e. The van der Waals surface area contributed by atoms with E-state index in [1.807, 2.05) is 24.4 Å². The summed E-state index contributed by atoms with van der Waals surface area (Å²) in [6.07, 6.45) is 0. The fraction of sp³-hybridized carbons (Fsp3) is 0.105. The standard InChI is InChI=1S/C19H14ClNO3S/c1-12-21-17(11-25-12)13-2-4-15(5-3-13)19(23)24-10-18(22)14-6-8-16(20)9-7-14/h2-9,11H,10H2,1H3. The summed E-state index contributed by atoms with van der Waals surface area (Å²) in [7, 11) is 0. The largest absolute Gasteiger partial charge is 0.454 e. The van der Waals surface area contributed by atoms with E-state index in [2.05, 4.69) is 4.98 Å². The summed E-state index contributed by atoms with van der Waals surface area (Å²) in [5.41, 5.74) is 2.64. The van der Waals surface area contributed by atoms with E-state index in [0.717, 1.165) is 16.3 Å². The number of nitrogens with zero attached hydrogens (tertiary/aromatic N) is 1. The molecule has 4 nitrogen and oxygen atoms in total. The molecule has 0 bridgehead atoms. The highest BCUT2D eigenvalue weighted by Crippen LogP contribution is 2.22. The highest BCUT2D eigenvalue weighted by atomic mass is 35.5. The number of carbonyl (C=O) groups excluding carboxylic acids is 2. The second-order valence-corrected chi connectivity index (χ2v) is 6.83. The van der Waals surface area contributed by atoms with Crippen molar-refractivity contribution in [1.29, 1.82) is 0 Å². The second kappa shape index (κ2) is 7.59. The molecule has 1 aromatic heterocycles. The van der Waals surface area contributed by atoms with Crippen molar-refractivity contribution in [3.05, 3.63) is 75.1 Å². The Balaban J connectivity index is 1.61. The normalized spacial score (nSPS) is 10.5. The van der Waals surface area contributed by atoms with E-state index in [4.69, 9.17) is 16.3 Å². The lowest BCUT2D eigenvalue weighted by Crippen LogP contribution is -2.14. The average molecular weight is 372 g/mol. The first-order valence-corrected chi connectivity index (χ1v) is 8.77. The third-order valence-corrected chi connectivity index (χ3v) is 4.56. The Morgan fingerprint density at radius 2 is 1.68 bits per heavy atom. The summed E-state index contributed by atoms with van der Waals surface area (Å²) in [5.74, 6) is -0.817. The van der Waals surface area contributed by atoms with Crippen molar-refractivity contribution in [3.8, 4) is 11.3 Å². The van der Waals surface area contributed by atoms with Crippen molar-refractivity contribution >= 4 is 34.7 Å². The molecule has 3 rings (SSSR count). The Morgan fingerprint density at radius 3 is 2.28 bits per heavy atom. The minimum absolute atomic E-state index is 0.278. The van der Waals surface area contributed by atoms with Crippen LogP contribution in [0.2, 0.25) is 5.02 Å². The van der Waals surface area contributed by atoms with E-state index in [1.54, 1.807) is 47.7 Å². The molecule has 6 heteroatoms. The van der Waals surface area contributed by atoms with Crippen LogP contribution < -0.4 is 0 Å². The van der Waals surface area contributed by atoms with Gasteiger partial charge in [-0.25, -0.2) is 9.78 Å². The van der Waals surface area contributed by atoms with Crippen LogP contribution in [0.3, 0.4) is 0 Å². The summed E-state index contributed by atoms with van der Waals surface area (Å²) in [6, 6.07) is 13.4. The van der Waals surface area contributed by atoms with Crippen LogP contribution in [0.25, 0.3) is 11.3 Å². The predicted octanol–water partition coefficient (Wildman–Crippen LogP) is 4.81. The maximum absolute atomic E-state index is 12.1. The molecule has 0 unspecified atom stereocenters. The van der Waals surface area contributed by atoms with Gasteiger partial charge in [0.25, 0.3) is 0 Å². The van der Waals surface area contributed by atoms with Crippen LogP contribution in [0, 0.1) is 6.92 Å². The SMILES string of the molecule is Cc1nc(-c2ccc(C(=O)OCC(=O)c3ccc(Cl)cc3)cc2)cs1. The molecule has 126 valence electrons. The van der Waals surface area contributed by atoms with E-state index >= 15 is 0 Å². The van der Waals surface area contributed by atoms with Gasteiger partial charge in [-0.15, -0.1) is 11.3 Å². The number of hydrogen-bond acceptors (Lipinski definition) is 5. The molecule has 0 fully saturated rings. The second-order valence-electron chi connectivity index (χ2n) is 5.34. The van der Waals surface area contributed by atoms with Gasteiger partial charge in [0.05, 0.1) is 16.3 Å². The van der Waals surface area contributed by atoms with Crippen molar-refractivity contribution in [2.75, 3.05) is 6.61 Å². The fourth-order valence-electron chi connectivity index (χ4n) is 2.21. The highest BCUT2D eigenvalue weighted by Gasteiger charge is 2.12. The molecule has 0 N–H and O–H groups in total. The Bertz CT molecular complexity index is 901. The van der Waals surface area contributed by atoms with E-state index in [1.165, 1.54) is 0 Å². The summed E-state index contributed by atoms with van der Waals surface area (Å²) < 4.78 is 5.09. The van der Waals surface area contributed by atoms with Crippen LogP contribution in [0.1, 0.15) is 25.7 Å². The van der Waals surface area contributed by atoms with Crippen molar-refractivity contribution in [2.45, 2.75) is 6.92 Å². The topological polar surface area (TPSA) is 56.3 Å². The number of ketones is 1. The number of thiazole rings is 1. The molecule has 3 aromatic rings. The van der Waals surface area contributed by atoms with Gasteiger partial charge in [-0.3, -0.25) is 4.79 Å². The number of benzene rings is 2. The molecule has 0 aliphatic heterocycles.